The molecule has 0 fully saturated rings. The number of ether oxygens (including phenoxy) is 2. The summed E-state index contributed by atoms with van der Waals surface area (Å²) in [4.78, 5) is 0. The van der Waals surface area contributed by atoms with Crippen molar-refractivity contribution in [1.29, 1.82) is 0 Å². The van der Waals surface area contributed by atoms with Crippen molar-refractivity contribution in [3.05, 3.63) is 368 Å². The second-order valence-corrected chi connectivity index (χ2v) is 32.4. The first-order valence-electron chi connectivity index (χ1n) is 35.9. The molecule has 2 aliphatic heterocycles. The highest BCUT2D eigenvalue weighted by molar-refractivity contribution is 14.1. The molecule has 4 aromatic heterocycles. The third-order valence-corrected chi connectivity index (χ3v) is 26.5. The Morgan fingerprint density at radius 1 is 0.287 bits per heavy atom. The molecule has 2 atom stereocenters. The zero-order chi connectivity index (χ0) is 71.9. The van der Waals surface area contributed by atoms with Crippen molar-refractivity contribution in [2.75, 3.05) is 0 Å². The molecule has 16 aromatic carbocycles. The van der Waals surface area contributed by atoms with Crippen LogP contribution < -0.4 is 46.8 Å². The van der Waals surface area contributed by atoms with Crippen LogP contribution in [0.5, 0.6) is 23.0 Å². The minimum Gasteiger partial charge on any atom is -0.456 e. The van der Waals surface area contributed by atoms with Crippen LogP contribution in [-0.2, 0) is 0 Å². The highest BCUT2D eigenvalue weighted by Crippen LogP contribution is 2.51. The zero-order valence-electron chi connectivity index (χ0n) is 57.9. The van der Waals surface area contributed by atoms with Gasteiger partial charge < -0.3 is 37.5 Å². The van der Waals surface area contributed by atoms with Gasteiger partial charge in [-0.05, 0) is 156 Å². The standard InChI is InChI=1S/C48H30NO2P.C30H18INO.C18H14BO3P/c1-3-14-31(15-4-1)32-26-27-42-38(28-32)35-18-7-9-21-41(35)49(42)33-29-39-36-19-8-10-22-43(36)50-47(39)40(30-33)37-20-13-25-46-48(37)51-44-23-11-12-24-45(44)52(46)34-16-5-2-6-17-34;31-26-18-21(17-25-23-11-5-7-13-29(23)33-30(25)26)32-27-12-6-4-10-22(27)24-16-20(14-15-28(24)32)19-8-2-1-3-9-19;20-19(21)14-9-6-12-17-18(14)22-15-10-4-5-11-16(15)23(17)13-7-2-1-3-8-13/h1-30H;1-18H;1-12,20-21H. The summed E-state index contributed by atoms with van der Waals surface area (Å²) in [7, 11) is -3.18. The third-order valence-electron chi connectivity index (χ3n) is 20.7. The van der Waals surface area contributed by atoms with E-state index in [-0.39, 0.29) is 0 Å². The van der Waals surface area contributed by atoms with E-state index in [0.717, 1.165) is 109 Å². The Morgan fingerprint density at radius 3 is 1.23 bits per heavy atom. The average Bonchev–Trinajstić information content (AvgIpc) is 1.54. The number of nitrogens with zero attached hydrogens (tertiary/aromatic N) is 2. The molecular formula is C96H62BIN2O6P2. The van der Waals surface area contributed by atoms with Crippen LogP contribution in [-0.4, -0.2) is 26.3 Å². The number of rotatable bonds is 8. The Hall–Kier alpha value is -12.1. The van der Waals surface area contributed by atoms with Crippen molar-refractivity contribution in [2.45, 2.75) is 0 Å². The molecule has 0 amide bonds. The van der Waals surface area contributed by atoms with Crippen molar-refractivity contribution in [2.24, 2.45) is 0 Å². The van der Waals surface area contributed by atoms with Crippen LogP contribution in [0.2, 0.25) is 0 Å². The molecule has 6 heterocycles. The summed E-state index contributed by atoms with van der Waals surface area (Å²) < 4.78 is 31.8. The molecule has 12 heteroatoms. The van der Waals surface area contributed by atoms with Crippen LogP contribution in [0.1, 0.15) is 0 Å². The van der Waals surface area contributed by atoms with Gasteiger partial charge in [0.1, 0.15) is 45.3 Å². The van der Waals surface area contributed by atoms with Gasteiger partial charge in [-0.1, -0.05) is 279 Å². The lowest BCUT2D eigenvalue weighted by Gasteiger charge is -2.30. The van der Waals surface area contributed by atoms with Crippen LogP contribution in [0.25, 0.3) is 132 Å². The normalized spacial score (nSPS) is 13.5. The predicted molar refractivity (Wildman–Crippen MR) is 459 cm³/mol. The molecule has 8 nitrogen and oxygen atoms in total. The number of hydrogen-bond donors (Lipinski definition) is 2. The Morgan fingerprint density at radius 2 is 0.694 bits per heavy atom. The van der Waals surface area contributed by atoms with Gasteiger partial charge in [0.15, 0.2) is 0 Å². The number of para-hydroxylation sites is 8. The molecule has 0 aliphatic carbocycles. The van der Waals surface area contributed by atoms with Gasteiger partial charge in [-0.25, -0.2) is 0 Å². The van der Waals surface area contributed by atoms with Crippen molar-refractivity contribution in [3.8, 4) is 67.8 Å². The fourth-order valence-electron chi connectivity index (χ4n) is 15.9. The molecule has 20 aromatic rings. The average molecular weight is 1540 g/mol. The summed E-state index contributed by atoms with van der Waals surface area (Å²) in [6.07, 6.45) is 0. The maximum atomic E-state index is 9.67. The smallest absolute Gasteiger partial charge is 0.456 e. The SMILES string of the molecule is Ic1cc(-n2c3ccccc3c3cc(-c4ccccc4)ccc32)cc2c1oc1ccccc12.OB(O)c1cccc2c1Oc1ccccc1P2c1ccccc1.c1ccc(-c2ccc3c(c2)c2ccccc2n3-c2cc(-c3cccc4c3Oc3ccccc3P4c3ccccc3)c3oc4ccccc4c3c2)cc1. The molecule has 0 saturated heterocycles. The Kier molecular flexibility index (Phi) is 16.6. The third kappa shape index (κ3) is 11.3. The first-order valence-corrected chi connectivity index (χ1v) is 39.7. The van der Waals surface area contributed by atoms with Gasteiger partial charge >= 0.3 is 7.12 Å². The van der Waals surface area contributed by atoms with Crippen molar-refractivity contribution >= 4 is 170 Å². The topological polar surface area (TPSA) is 95.1 Å². The number of aromatic nitrogens is 2. The molecule has 0 radical (unpaired) electrons. The van der Waals surface area contributed by atoms with Gasteiger partial charge in [-0.2, -0.15) is 0 Å². The van der Waals surface area contributed by atoms with E-state index in [4.69, 9.17) is 18.3 Å². The van der Waals surface area contributed by atoms with Crippen molar-refractivity contribution in [3.63, 3.8) is 0 Å². The van der Waals surface area contributed by atoms with Crippen LogP contribution >= 0.6 is 38.4 Å². The quantitative estimate of drug-likeness (QED) is 0.0894. The highest BCUT2D eigenvalue weighted by atomic mass is 127. The minimum absolute atomic E-state index is 0.403. The molecule has 512 valence electrons. The molecule has 0 bridgehead atoms. The molecule has 0 spiro atoms. The molecular weight excluding hydrogens is 1480 g/mol. The Bertz CT molecular complexity index is 6900. The molecule has 108 heavy (non-hydrogen) atoms. The van der Waals surface area contributed by atoms with E-state index in [2.05, 4.69) is 323 Å². The van der Waals surface area contributed by atoms with Crippen LogP contribution in [0, 0.1) is 3.57 Å². The van der Waals surface area contributed by atoms with E-state index in [1.54, 1.807) is 6.07 Å². The largest absolute Gasteiger partial charge is 0.492 e. The molecule has 2 aliphatic rings. The fraction of sp³-hybridized carbons (Fsp3) is 0. The van der Waals surface area contributed by atoms with Crippen molar-refractivity contribution in [1.82, 2.24) is 9.13 Å². The van der Waals surface area contributed by atoms with Gasteiger partial charge in [0.2, 0.25) is 0 Å². The van der Waals surface area contributed by atoms with E-state index in [0.29, 0.717) is 11.2 Å². The van der Waals surface area contributed by atoms with Crippen LogP contribution in [0.3, 0.4) is 0 Å². The first kappa shape index (κ1) is 65.4. The maximum absolute atomic E-state index is 9.67. The van der Waals surface area contributed by atoms with Gasteiger partial charge in [0.25, 0.3) is 0 Å². The zero-order valence-corrected chi connectivity index (χ0v) is 61.9. The summed E-state index contributed by atoms with van der Waals surface area (Å²) in [5, 5.41) is 35.9. The van der Waals surface area contributed by atoms with Crippen LogP contribution in [0.4, 0.5) is 0 Å². The first-order chi connectivity index (χ1) is 53.3. The number of benzene rings is 16. The van der Waals surface area contributed by atoms with E-state index in [1.165, 1.54) is 76.1 Å². The van der Waals surface area contributed by atoms with Crippen molar-refractivity contribution < 1.29 is 28.4 Å². The Labute approximate surface area is 638 Å². The number of hydrogen-bond acceptors (Lipinski definition) is 6. The van der Waals surface area contributed by atoms with Gasteiger partial charge in [0, 0.05) is 92.3 Å². The lowest BCUT2D eigenvalue weighted by molar-refractivity contribution is 0.421. The van der Waals surface area contributed by atoms with E-state index in [9.17, 15) is 10.0 Å². The molecule has 0 saturated carbocycles. The molecule has 2 N–H and O–H groups in total. The summed E-state index contributed by atoms with van der Waals surface area (Å²) in [6.45, 7) is 0. The number of furan rings is 2. The summed E-state index contributed by atoms with van der Waals surface area (Å²) >= 11 is 2.40. The van der Waals surface area contributed by atoms with E-state index < -0.39 is 23.0 Å². The van der Waals surface area contributed by atoms with Gasteiger partial charge in [0.05, 0.1) is 25.6 Å². The highest BCUT2D eigenvalue weighted by Gasteiger charge is 2.34. The van der Waals surface area contributed by atoms with E-state index in [1.807, 2.05) is 66.7 Å². The molecule has 2 unspecified atom stereocenters. The fourth-order valence-corrected chi connectivity index (χ4v) is 21.5. The second-order valence-electron chi connectivity index (χ2n) is 27.0. The summed E-state index contributed by atoms with van der Waals surface area (Å²) in [5.41, 5.74) is 17.9. The summed E-state index contributed by atoms with van der Waals surface area (Å²) in [6, 6.07) is 128. The summed E-state index contributed by atoms with van der Waals surface area (Å²) in [5.74, 6) is 3.15. The van der Waals surface area contributed by atoms with Crippen LogP contribution in [0.15, 0.2) is 373 Å². The second kappa shape index (κ2) is 27.4. The lowest BCUT2D eigenvalue weighted by Crippen LogP contribution is -2.37. The van der Waals surface area contributed by atoms with Gasteiger partial charge in [-0.15, -0.1) is 0 Å². The monoisotopic (exact) mass is 1540 g/mol. The number of halogens is 1. The number of fused-ring (bicyclic) bond motifs is 16. The predicted octanol–water partition coefficient (Wildman–Crippen LogP) is 22.1. The maximum Gasteiger partial charge on any atom is 0.492 e. The lowest BCUT2D eigenvalue weighted by atomic mass is 9.79. The minimum atomic E-state index is -1.55. The van der Waals surface area contributed by atoms with E-state index >= 15 is 0 Å². The molecule has 22 rings (SSSR count). The Balaban J connectivity index is 0.000000117. The van der Waals surface area contributed by atoms with Gasteiger partial charge in [-0.3, -0.25) is 0 Å².